The van der Waals surface area contributed by atoms with E-state index in [0.717, 1.165) is 48.6 Å². The van der Waals surface area contributed by atoms with Gasteiger partial charge in [0.05, 0.1) is 30.4 Å². The molecule has 2 aromatic heterocycles. The highest BCUT2D eigenvalue weighted by atomic mass is 16.5. The number of ether oxygens (including phenoxy) is 1. The Morgan fingerprint density at radius 1 is 1.20 bits per heavy atom. The van der Waals surface area contributed by atoms with E-state index in [4.69, 9.17) is 4.74 Å². The second kappa shape index (κ2) is 8.27. The maximum Gasteiger partial charge on any atom is 0.241 e. The molecule has 0 spiro atoms. The molecule has 1 saturated heterocycles. The van der Waals surface area contributed by atoms with E-state index in [1.807, 2.05) is 45.3 Å². The largest absolute Gasteiger partial charge is 0.495 e. The van der Waals surface area contributed by atoms with Crippen molar-refractivity contribution in [1.82, 2.24) is 24.6 Å². The van der Waals surface area contributed by atoms with Gasteiger partial charge in [0.15, 0.2) is 5.65 Å². The van der Waals surface area contributed by atoms with E-state index in [1.54, 1.807) is 18.1 Å². The molecule has 1 aliphatic heterocycles. The molecule has 30 heavy (non-hydrogen) atoms. The molecule has 1 aromatic carbocycles. The number of amides is 1. The number of piperazine rings is 1. The number of aromatic nitrogens is 4. The SMILES string of the molecule is COc1ccc(C)cc1NC(=O)C(C)N1CCN(c2ncnc3c2cnn3C)CC1. The van der Waals surface area contributed by atoms with E-state index in [1.165, 1.54) is 0 Å². The number of hydrogen-bond donors (Lipinski definition) is 1. The van der Waals surface area contributed by atoms with Crippen molar-refractivity contribution < 1.29 is 9.53 Å². The summed E-state index contributed by atoms with van der Waals surface area (Å²) in [6.45, 7) is 7.04. The summed E-state index contributed by atoms with van der Waals surface area (Å²) in [5, 5.41) is 8.26. The summed E-state index contributed by atoms with van der Waals surface area (Å²) in [4.78, 5) is 26.1. The third kappa shape index (κ3) is 3.80. The number of nitrogens with one attached hydrogen (secondary N) is 1. The lowest BCUT2D eigenvalue weighted by molar-refractivity contribution is -0.120. The number of benzene rings is 1. The molecule has 1 atom stereocenters. The number of anilines is 2. The summed E-state index contributed by atoms with van der Waals surface area (Å²) in [6.07, 6.45) is 3.39. The van der Waals surface area contributed by atoms with Crippen LogP contribution in [0.2, 0.25) is 0 Å². The van der Waals surface area contributed by atoms with Crippen molar-refractivity contribution in [3.8, 4) is 5.75 Å². The average molecular weight is 409 g/mol. The van der Waals surface area contributed by atoms with Gasteiger partial charge in [-0.05, 0) is 31.5 Å². The highest BCUT2D eigenvalue weighted by molar-refractivity contribution is 5.96. The summed E-state index contributed by atoms with van der Waals surface area (Å²) in [7, 11) is 3.48. The number of carbonyl (C=O) groups excluding carboxylic acids is 1. The Morgan fingerprint density at radius 3 is 2.70 bits per heavy atom. The van der Waals surface area contributed by atoms with Gasteiger partial charge in [0.25, 0.3) is 0 Å². The Labute approximate surface area is 175 Å². The Balaban J connectivity index is 1.41. The molecule has 1 fully saturated rings. The second-order valence-corrected chi connectivity index (χ2v) is 7.59. The summed E-state index contributed by atoms with van der Waals surface area (Å²) >= 11 is 0. The molecular formula is C21H27N7O2. The first kappa shape index (κ1) is 20.1. The van der Waals surface area contributed by atoms with Crippen molar-refractivity contribution in [3.05, 3.63) is 36.3 Å². The second-order valence-electron chi connectivity index (χ2n) is 7.59. The van der Waals surface area contributed by atoms with Crippen LogP contribution in [0, 0.1) is 6.92 Å². The van der Waals surface area contributed by atoms with Crippen LogP contribution in [0.5, 0.6) is 5.75 Å². The van der Waals surface area contributed by atoms with Crippen LogP contribution in [-0.4, -0.2) is 69.9 Å². The lowest BCUT2D eigenvalue weighted by Gasteiger charge is -2.38. The molecule has 0 radical (unpaired) electrons. The van der Waals surface area contributed by atoms with E-state index in [2.05, 4.69) is 30.2 Å². The van der Waals surface area contributed by atoms with E-state index in [-0.39, 0.29) is 11.9 Å². The molecule has 9 nitrogen and oxygen atoms in total. The third-order valence-corrected chi connectivity index (χ3v) is 5.66. The van der Waals surface area contributed by atoms with E-state index in [9.17, 15) is 4.79 Å². The van der Waals surface area contributed by atoms with E-state index in [0.29, 0.717) is 11.4 Å². The summed E-state index contributed by atoms with van der Waals surface area (Å²) < 4.78 is 7.13. The number of carbonyl (C=O) groups is 1. The molecule has 9 heteroatoms. The van der Waals surface area contributed by atoms with Crippen LogP contribution in [0.1, 0.15) is 12.5 Å². The molecule has 4 rings (SSSR count). The number of rotatable bonds is 5. The fraction of sp³-hybridized carbons (Fsp3) is 0.429. The molecule has 158 valence electrons. The average Bonchev–Trinajstić information content (AvgIpc) is 3.14. The van der Waals surface area contributed by atoms with Crippen LogP contribution < -0.4 is 15.0 Å². The minimum Gasteiger partial charge on any atom is -0.495 e. The molecule has 0 saturated carbocycles. The summed E-state index contributed by atoms with van der Waals surface area (Å²) in [5.74, 6) is 1.52. The Hall–Kier alpha value is -3.20. The van der Waals surface area contributed by atoms with Gasteiger partial charge in [0, 0.05) is 33.2 Å². The monoisotopic (exact) mass is 409 g/mol. The summed E-state index contributed by atoms with van der Waals surface area (Å²) in [6, 6.07) is 5.51. The number of nitrogens with zero attached hydrogens (tertiary/aromatic N) is 6. The maximum atomic E-state index is 12.9. The van der Waals surface area contributed by atoms with Gasteiger partial charge < -0.3 is 15.0 Å². The van der Waals surface area contributed by atoms with Crippen LogP contribution in [-0.2, 0) is 11.8 Å². The normalized spacial score (nSPS) is 15.9. The van der Waals surface area contributed by atoms with Gasteiger partial charge in [0.1, 0.15) is 17.9 Å². The molecule has 1 aliphatic rings. The van der Waals surface area contributed by atoms with Crippen LogP contribution in [0.25, 0.3) is 11.0 Å². The molecule has 3 heterocycles. The minimum absolute atomic E-state index is 0.0379. The zero-order valence-corrected chi connectivity index (χ0v) is 17.8. The van der Waals surface area contributed by atoms with Gasteiger partial charge in [-0.2, -0.15) is 5.10 Å². The van der Waals surface area contributed by atoms with Crippen LogP contribution >= 0.6 is 0 Å². The van der Waals surface area contributed by atoms with Gasteiger partial charge in [-0.25, -0.2) is 9.97 Å². The smallest absolute Gasteiger partial charge is 0.241 e. The Morgan fingerprint density at radius 2 is 1.97 bits per heavy atom. The standard InChI is InChI=1S/C21H27N7O2/c1-14-5-6-18(30-4)17(11-14)25-21(29)15(2)27-7-9-28(10-8-27)20-16-12-24-26(3)19(16)22-13-23-20/h5-6,11-13,15H,7-10H2,1-4H3,(H,25,29). The molecule has 3 aromatic rings. The first-order valence-corrected chi connectivity index (χ1v) is 10.0. The predicted octanol–water partition coefficient (Wildman–Crippen LogP) is 1.83. The molecular weight excluding hydrogens is 382 g/mol. The highest BCUT2D eigenvalue weighted by Gasteiger charge is 2.27. The zero-order chi connectivity index (χ0) is 21.3. The van der Waals surface area contributed by atoms with E-state index < -0.39 is 0 Å². The van der Waals surface area contributed by atoms with Crippen LogP contribution in [0.4, 0.5) is 11.5 Å². The number of aryl methyl sites for hydroxylation is 2. The number of fused-ring (bicyclic) bond motifs is 1. The number of methoxy groups -OCH3 is 1. The van der Waals surface area contributed by atoms with Crippen molar-refractivity contribution in [2.45, 2.75) is 19.9 Å². The molecule has 1 N–H and O–H groups in total. The lowest BCUT2D eigenvalue weighted by Crippen LogP contribution is -2.53. The highest BCUT2D eigenvalue weighted by Crippen LogP contribution is 2.26. The Kier molecular flexibility index (Phi) is 5.54. The van der Waals surface area contributed by atoms with Crippen molar-refractivity contribution >= 4 is 28.4 Å². The molecule has 0 aliphatic carbocycles. The van der Waals surface area contributed by atoms with Crippen molar-refractivity contribution in [1.29, 1.82) is 0 Å². The first-order chi connectivity index (χ1) is 14.5. The van der Waals surface area contributed by atoms with Gasteiger partial charge in [-0.3, -0.25) is 14.4 Å². The minimum atomic E-state index is -0.249. The molecule has 1 unspecified atom stereocenters. The first-order valence-electron chi connectivity index (χ1n) is 10.0. The molecule has 0 bridgehead atoms. The lowest BCUT2D eigenvalue weighted by atomic mass is 10.1. The van der Waals surface area contributed by atoms with Gasteiger partial charge >= 0.3 is 0 Å². The topological polar surface area (TPSA) is 88.4 Å². The molecule has 1 amide bonds. The Bertz CT molecular complexity index is 1060. The van der Waals surface area contributed by atoms with Crippen LogP contribution in [0.3, 0.4) is 0 Å². The van der Waals surface area contributed by atoms with Crippen molar-refractivity contribution in [2.75, 3.05) is 43.5 Å². The predicted molar refractivity (Wildman–Crippen MR) is 116 cm³/mol. The maximum absolute atomic E-state index is 12.9. The zero-order valence-electron chi connectivity index (χ0n) is 17.8. The number of hydrogen-bond acceptors (Lipinski definition) is 7. The fourth-order valence-electron chi connectivity index (χ4n) is 3.85. The third-order valence-electron chi connectivity index (χ3n) is 5.66. The summed E-state index contributed by atoms with van der Waals surface area (Å²) in [5.41, 5.74) is 2.59. The van der Waals surface area contributed by atoms with Crippen molar-refractivity contribution in [2.24, 2.45) is 7.05 Å². The fourth-order valence-corrected chi connectivity index (χ4v) is 3.85. The quantitative estimate of drug-likeness (QED) is 0.688. The van der Waals surface area contributed by atoms with Gasteiger partial charge in [-0.1, -0.05) is 6.07 Å². The van der Waals surface area contributed by atoms with Crippen LogP contribution in [0.15, 0.2) is 30.7 Å². The van der Waals surface area contributed by atoms with E-state index >= 15 is 0 Å². The van der Waals surface area contributed by atoms with Crippen molar-refractivity contribution in [3.63, 3.8) is 0 Å². The van der Waals surface area contributed by atoms with Gasteiger partial charge in [0.2, 0.25) is 5.91 Å². The van der Waals surface area contributed by atoms with Gasteiger partial charge in [-0.15, -0.1) is 0 Å².